The van der Waals surface area contributed by atoms with Crippen molar-refractivity contribution >= 4 is 0 Å². The molecule has 18 heavy (non-hydrogen) atoms. The molecule has 0 aliphatic rings. The molecule has 100 valence electrons. The zero-order valence-corrected chi connectivity index (χ0v) is 9.51. The molecule has 0 radical (unpaired) electrons. The van der Waals surface area contributed by atoms with Gasteiger partial charge in [-0.15, -0.1) is 19.8 Å². The van der Waals surface area contributed by atoms with Crippen LogP contribution < -0.4 is 10.5 Å². The average Bonchev–Trinajstić information content (AvgIpc) is 2.27. The maximum absolute atomic E-state index is 13.4. The van der Waals surface area contributed by atoms with Crippen LogP contribution in [-0.2, 0) is 0 Å². The largest absolute Gasteiger partial charge is 0.573 e. The van der Waals surface area contributed by atoms with Gasteiger partial charge in [-0.05, 0) is 30.5 Å². The Labute approximate surface area is 102 Å². The fourth-order valence-corrected chi connectivity index (χ4v) is 1.42. The number of ether oxygens (including phenoxy) is 1. The van der Waals surface area contributed by atoms with Gasteiger partial charge in [0.05, 0.1) is 0 Å². The molecular weight excluding hydrogens is 250 g/mol. The van der Waals surface area contributed by atoms with E-state index in [9.17, 15) is 17.6 Å². The number of halogens is 4. The highest BCUT2D eigenvalue weighted by Gasteiger charge is 2.32. The van der Waals surface area contributed by atoms with E-state index in [-0.39, 0.29) is 0 Å². The van der Waals surface area contributed by atoms with Crippen molar-refractivity contribution in [1.82, 2.24) is 0 Å². The smallest absolute Gasteiger partial charge is 0.403 e. The van der Waals surface area contributed by atoms with Gasteiger partial charge in [-0.3, -0.25) is 0 Å². The SMILES string of the molecule is C=CCC[C@@H](N)c1ccc(OC(F)(F)F)c(F)c1. The van der Waals surface area contributed by atoms with Crippen molar-refractivity contribution in [3.8, 4) is 5.75 Å². The van der Waals surface area contributed by atoms with E-state index in [1.165, 1.54) is 6.07 Å². The van der Waals surface area contributed by atoms with Crippen LogP contribution in [0.25, 0.3) is 0 Å². The van der Waals surface area contributed by atoms with Gasteiger partial charge in [-0.2, -0.15) is 0 Å². The topological polar surface area (TPSA) is 35.2 Å². The summed E-state index contributed by atoms with van der Waals surface area (Å²) in [4.78, 5) is 0. The summed E-state index contributed by atoms with van der Waals surface area (Å²) in [6.45, 7) is 3.52. The van der Waals surface area contributed by atoms with Gasteiger partial charge in [0, 0.05) is 6.04 Å². The van der Waals surface area contributed by atoms with E-state index in [1.54, 1.807) is 6.08 Å². The van der Waals surface area contributed by atoms with Crippen molar-refractivity contribution in [3.63, 3.8) is 0 Å². The van der Waals surface area contributed by atoms with Crippen LogP contribution in [0.2, 0.25) is 0 Å². The fourth-order valence-electron chi connectivity index (χ4n) is 1.42. The Morgan fingerprint density at radius 3 is 2.56 bits per heavy atom. The maximum Gasteiger partial charge on any atom is 0.573 e. The van der Waals surface area contributed by atoms with E-state index in [1.807, 2.05) is 0 Å². The lowest BCUT2D eigenvalue weighted by Crippen LogP contribution is -2.18. The monoisotopic (exact) mass is 263 g/mol. The molecule has 1 aromatic carbocycles. The Hall–Kier alpha value is -1.56. The lowest BCUT2D eigenvalue weighted by Gasteiger charge is -2.13. The number of allylic oxidation sites excluding steroid dienone is 1. The molecule has 0 bridgehead atoms. The van der Waals surface area contributed by atoms with Crippen molar-refractivity contribution in [3.05, 3.63) is 42.2 Å². The van der Waals surface area contributed by atoms with E-state index in [0.717, 1.165) is 12.1 Å². The summed E-state index contributed by atoms with van der Waals surface area (Å²) in [5, 5.41) is 0. The number of nitrogens with two attached hydrogens (primary N) is 1. The van der Waals surface area contributed by atoms with Crippen molar-refractivity contribution < 1.29 is 22.3 Å². The zero-order valence-electron chi connectivity index (χ0n) is 9.51. The Bertz CT molecular complexity index is 417. The second-order valence-corrected chi connectivity index (χ2v) is 3.71. The lowest BCUT2D eigenvalue weighted by atomic mass is 10.0. The molecule has 0 saturated carbocycles. The Kier molecular flexibility index (Phi) is 4.72. The maximum atomic E-state index is 13.4. The van der Waals surface area contributed by atoms with Gasteiger partial charge in [0.25, 0.3) is 0 Å². The number of hydrogen-bond acceptors (Lipinski definition) is 2. The quantitative estimate of drug-likeness (QED) is 0.649. The zero-order chi connectivity index (χ0) is 13.8. The summed E-state index contributed by atoms with van der Waals surface area (Å²) in [7, 11) is 0. The standard InChI is InChI=1S/C12H13F4NO/c1-2-3-4-10(17)8-5-6-11(9(13)7-8)18-12(14,15)16/h2,5-7,10H,1,3-4,17H2/t10-/m1/s1. The lowest BCUT2D eigenvalue weighted by molar-refractivity contribution is -0.275. The van der Waals surface area contributed by atoms with E-state index >= 15 is 0 Å². The molecule has 2 N–H and O–H groups in total. The van der Waals surface area contributed by atoms with Crippen LogP contribution in [0, 0.1) is 5.82 Å². The van der Waals surface area contributed by atoms with E-state index in [2.05, 4.69) is 11.3 Å². The number of rotatable bonds is 5. The van der Waals surface area contributed by atoms with Gasteiger partial charge in [-0.1, -0.05) is 12.1 Å². The predicted molar refractivity (Wildman–Crippen MR) is 59.4 cm³/mol. The third kappa shape index (κ3) is 4.37. The first-order valence-electron chi connectivity index (χ1n) is 5.25. The summed E-state index contributed by atoms with van der Waals surface area (Å²) in [5.41, 5.74) is 6.17. The second kappa shape index (κ2) is 5.86. The minimum absolute atomic E-state index is 0.420. The normalized spacial score (nSPS) is 13.2. The number of hydrogen-bond donors (Lipinski definition) is 1. The fraction of sp³-hybridized carbons (Fsp3) is 0.333. The van der Waals surface area contributed by atoms with Crippen LogP contribution >= 0.6 is 0 Å². The van der Waals surface area contributed by atoms with Gasteiger partial charge < -0.3 is 10.5 Å². The second-order valence-electron chi connectivity index (χ2n) is 3.71. The molecule has 0 fully saturated rings. The molecule has 0 aromatic heterocycles. The summed E-state index contributed by atoms with van der Waals surface area (Å²) >= 11 is 0. The molecule has 1 aromatic rings. The first-order valence-corrected chi connectivity index (χ1v) is 5.25. The van der Waals surface area contributed by atoms with Crippen LogP contribution in [-0.4, -0.2) is 6.36 Å². The average molecular weight is 263 g/mol. The van der Waals surface area contributed by atoms with Crippen LogP contribution in [0.3, 0.4) is 0 Å². The predicted octanol–water partition coefficient (Wildman–Crippen LogP) is 3.69. The molecule has 1 rings (SSSR count). The molecule has 0 aliphatic carbocycles. The molecule has 0 unspecified atom stereocenters. The van der Waals surface area contributed by atoms with E-state index in [0.29, 0.717) is 18.4 Å². The summed E-state index contributed by atoms with van der Waals surface area (Å²) in [6, 6.07) is 2.75. The van der Waals surface area contributed by atoms with Crippen LogP contribution in [0.4, 0.5) is 17.6 Å². The number of alkyl halides is 3. The van der Waals surface area contributed by atoms with Gasteiger partial charge in [0.15, 0.2) is 11.6 Å². The molecule has 0 heterocycles. The van der Waals surface area contributed by atoms with Gasteiger partial charge in [0.1, 0.15) is 0 Å². The minimum atomic E-state index is -4.91. The molecule has 0 aliphatic heterocycles. The summed E-state index contributed by atoms with van der Waals surface area (Å²) < 4.78 is 52.6. The van der Waals surface area contributed by atoms with Crippen molar-refractivity contribution in [2.24, 2.45) is 5.73 Å². The molecule has 6 heteroatoms. The van der Waals surface area contributed by atoms with Crippen LogP contribution in [0.15, 0.2) is 30.9 Å². The molecule has 0 spiro atoms. The molecule has 0 saturated heterocycles. The Morgan fingerprint density at radius 2 is 2.06 bits per heavy atom. The van der Waals surface area contributed by atoms with Gasteiger partial charge in [0.2, 0.25) is 0 Å². The van der Waals surface area contributed by atoms with Crippen molar-refractivity contribution in [1.29, 1.82) is 0 Å². The minimum Gasteiger partial charge on any atom is -0.403 e. The van der Waals surface area contributed by atoms with Crippen LogP contribution in [0.5, 0.6) is 5.75 Å². The number of benzene rings is 1. The molecule has 1 atom stereocenters. The summed E-state index contributed by atoms with van der Waals surface area (Å²) in [6.07, 6.45) is -2.06. The Balaban J connectivity index is 2.81. The first kappa shape index (κ1) is 14.5. The van der Waals surface area contributed by atoms with Gasteiger partial charge >= 0.3 is 6.36 Å². The van der Waals surface area contributed by atoms with E-state index < -0.39 is 24.0 Å². The van der Waals surface area contributed by atoms with Crippen molar-refractivity contribution in [2.45, 2.75) is 25.2 Å². The third-order valence-electron chi connectivity index (χ3n) is 2.29. The molecular formula is C12H13F4NO. The highest BCUT2D eigenvalue weighted by atomic mass is 19.4. The van der Waals surface area contributed by atoms with E-state index in [4.69, 9.17) is 5.73 Å². The first-order chi connectivity index (χ1) is 8.33. The van der Waals surface area contributed by atoms with Crippen molar-refractivity contribution in [2.75, 3.05) is 0 Å². The highest BCUT2D eigenvalue weighted by molar-refractivity contribution is 5.31. The van der Waals surface area contributed by atoms with Gasteiger partial charge in [-0.25, -0.2) is 4.39 Å². The Morgan fingerprint density at radius 1 is 1.39 bits per heavy atom. The molecule has 0 amide bonds. The third-order valence-corrected chi connectivity index (χ3v) is 2.29. The highest BCUT2D eigenvalue weighted by Crippen LogP contribution is 2.28. The van der Waals surface area contributed by atoms with Crippen LogP contribution in [0.1, 0.15) is 24.4 Å². The molecule has 2 nitrogen and oxygen atoms in total. The summed E-state index contributed by atoms with van der Waals surface area (Å²) in [5.74, 6) is -1.94.